The van der Waals surface area contributed by atoms with Gasteiger partial charge in [0.15, 0.2) is 0 Å². The zero-order chi connectivity index (χ0) is 15.4. The topological polar surface area (TPSA) is 83.6 Å². The summed E-state index contributed by atoms with van der Waals surface area (Å²) in [6.45, 7) is 2.52. The molecule has 1 aliphatic rings. The minimum Gasteiger partial charge on any atom is -0.480 e. The first-order valence-electron chi connectivity index (χ1n) is 7.38. The van der Waals surface area contributed by atoms with Gasteiger partial charge in [0.2, 0.25) is 5.91 Å². The number of amides is 1. The van der Waals surface area contributed by atoms with Crippen molar-refractivity contribution in [1.82, 2.24) is 4.90 Å². The number of aliphatic carboxylic acids is 1. The molecule has 1 saturated heterocycles. The van der Waals surface area contributed by atoms with Crippen LogP contribution in [0.4, 0.5) is 0 Å². The molecule has 0 aliphatic carbocycles. The summed E-state index contributed by atoms with van der Waals surface area (Å²) in [4.78, 5) is 25.4. The highest BCUT2D eigenvalue weighted by Crippen LogP contribution is 2.27. The quantitative estimate of drug-likeness (QED) is 0.885. The van der Waals surface area contributed by atoms with Crippen LogP contribution in [0.1, 0.15) is 37.8 Å². The smallest absolute Gasteiger partial charge is 0.326 e. The van der Waals surface area contributed by atoms with Crippen LogP contribution in [0.2, 0.25) is 0 Å². The van der Waals surface area contributed by atoms with E-state index in [2.05, 4.69) is 6.92 Å². The molecule has 1 aromatic carbocycles. The van der Waals surface area contributed by atoms with Crippen LogP contribution >= 0.6 is 0 Å². The van der Waals surface area contributed by atoms with Gasteiger partial charge < -0.3 is 15.7 Å². The highest BCUT2D eigenvalue weighted by Gasteiger charge is 2.37. The van der Waals surface area contributed by atoms with Gasteiger partial charge in [0.1, 0.15) is 12.1 Å². The molecule has 0 spiro atoms. The van der Waals surface area contributed by atoms with Crippen molar-refractivity contribution in [3.63, 3.8) is 0 Å². The Labute approximate surface area is 124 Å². The molecule has 0 saturated carbocycles. The zero-order valence-electron chi connectivity index (χ0n) is 12.2. The van der Waals surface area contributed by atoms with Gasteiger partial charge in [-0.15, -0.1) is 0 Å². The van der Waals surface area contributed by atoms with Crippen LogP contribution in [-0.2, 0) is 9.59 Å². The third kappa shape index (κ3) is 3.42. The first-order chi connectivity index (χ1) is 10.0. The van der Waals surface area contributed by atoms with Crippen LogP contribution in [0, 0.1) is 5.92 Å². The maximum absolute atomic E-state index is 12.5. The highest BCUT2D eigenvalue weighted by atomic mass is 16.4. The molecule has 0 radical (unpaired) electrons. The third-order valence-electron chi connectivity index (χ3n) is 4.28. The van der Waals surface area contributed by atoms with E-state index in [1.165, 1.54) is 4.90 Å². The lowest BCUT2D eigenvalue weighted by Gasteiger charge is -2.38. The van der Waals surface area contributed by atoms with Crippen molar-refractivity contribution in [2.75, 3.05) is 6.54 Å². The standard InChI is InChI=1S/C16H22N2O3/c1-2-11-8-9-18(13(10-11)16(20)21)15(19)14(17)12-6-4-3-5-7-12/h3-7,11,13-14H,2,8-10,17H2,1H3,(H,20,21)/t11?,13?,14-/m0/s1. The normalized spacial score (nSPS) is 23.6. The molecular formula is C16H22N2O3. The molecule has 1 aliphatic heterocycles. The SMILES string of the molecule is CCC1CCN(C(=O)[C@@H](N)c2ccccc2)C(C(=O)O)C1. The predicted octanol–water partition coefficient (Wildman–Crippen LogP) is 1.79. The molecule has 5 heteroatoms. The van der Waals surface area contributed by atoms with E-state index in [1.54, 1.807) is 12.1 Å². The molecular weight excluding hydrogens is 268 g/mol. The molecule has 1 fully saturated rings. The van der Waals surface area contributed by atoms with E-state index in [9.17, 15) is 14.7 Å². The van der Waals surface area contributed by atoms with E-state index in [0.29, 0.717) is 24.4 Å². The number of likely N-dealkylation sites (tertiary alicyclic amines) is 1. The van der Waals surface area contributed by atoms with E-state index >= 15 is 0 Å². The van der Waals surface area contributed by atoms with Crippen molar-refractivity contribution in [3.05, 3.63) is 35.9 Å². The molecule has 2 unspecified atom stereocenters. The molecule has 1 heterocycles. The van der Waals surface area contributed by atoms with E-state index in [-0.39, 0.29) is 5.91 Å². The first kappa shape index (κ1) is 15.5. The number of benzene rings is 1. The Balaban J connectivity index is 2.15. The minimum atomic E-state index is -0.943. The summed E-state index contributed by atoms with van der Waals surface area (Å²) in [6.07, 6.45) is 2.29. The molecule has 0 bridgehead atoms. The summed E-state index contributed by atoms with van der Waals surface area (Å²) in [5, 5.41) is 9.39. The fraction of sp³-hybridized carbons (Fsp3) is 0.500. The van der Waals surface area contributed by atoms with Crippen LogP contribution in [0.3, 0.4) is 0 Å². The largest absolute Gasteiger partial charge is 0.480 e. The molecule has 2 rings (SSSR count). The van der Waals surface area contributed by atoms with Crippen molar-refractivity contribution in [3.8, 4) is 0 Å². The first-order valence-corrected chi connectivity index (χ1v) is 7.38. The molecule has 21 heavy (non-hydrogen) atoms. The van der Waals surface area contributed by atoms with Gasteiger partial charge in [0, 0.05) is 6.54 Å². The van der Waals surface area contributed by atoms with Crippen molar-refractivity contribution in [2.24, 2.45) is 11.7 Å². The number of carbonyl (C=O) groups is 2. The lowest BCUT2D eigenvalue weighted by Crippen LogP contribution is -2.52. The van der Waals surface area contributed by atoms with Crippen LogP contribution in [0.25, 0.3) is 0 Å². The number of hydrogen-bond donors (Lipinski definition) is 2. The van der Waals surface area contributed by atoms with Crippen molar-refractivity contribution < 1.29 is 14.7 Å². The Morgan fingerprint density at radius 3 is 2.62 bits per heavy atom. The van der Waals surface area contributed by atoms with Crippen LogP contribution in [-0.4, -0.2) is 34.5 Å². The summed E-state index contributed by atoms with van der Waals surface area (Å²) in [6, 6.07) is 7.51. The van der Waals surface area contributed by atoms with Gasteiger partial charge >= 0.3 is 5.97 Å². The van der Waals surface area contributed by atoms with Gasteiger partial charge in [0.25, 0.3) is 0 Å². The Hall–Kier alpha value is -1.88. The molecule has 0 aromatic heterocycles. The van der Waals surface area contributed by atoms with Gasteiger partial charge in [-0.25, -0.2) is 4.79 Å². The number of nitrogens with two attached hydrogens (primary N) is 1. The summed E-state index contributed by atoms with van der Waals surface area (Å²) in [5.74, 6) is -0.881. The van der Waals surface area contributed by atoms with E-state index in [4.69, 9.17) is 5.73 Å². The van der Waals surface area contributed by atoms with Crippen LogP contribution in [0.15, 0.2) is 30.3 Å². The fourth-order valence-electron chi connectivity index (χ4n) is 2.89. The fourth-order valence-corrected chi connectivity index (χ4v) is 2.89. The van der Waals surface area contributed by atoms with Gasteiger partial charge in [-0.05, 0) is 24.3 Å². The number of carboxylic acid groups (broad SMARTS) is 1. The van der Waals surface area contributed by atoms with Crippen molar-refractivity contribution >= 4 is 11.9 Å². The monoisotopic (exact) mass is 290 g/mol. The van der Waals surface area contributed by atoms with Gasteiger partial charge in [-0.2, -0.15) is 0 Å². The Morgan fingerprint density at radius 2 is 2.05 bits per heavy atom. The molecule has 1 amide bonds. The zero-order valence-corrected chi connectivity index (χ0v) is 12.2. The number of carboxylic acids is 1. The van der Waals surface area contributed by atoms with Crippen molar-refractivity contribution in [1.29, 1.82) is 0 Å². The lowest BCUT2D eigenvalue weighted by atomic mass is 9.88. The number of carbonyl (C=O) groups excluding carboxylic acids is 1. The second kappa shape index (κ2) is 6.72. The molecule has 1 aromatic rings. The lowest BCUT2D eigenvalue weighted by molar-refractivity contribution is -0.153. The molecule has 114 valence electrons. The Bertz CT molecular complexity index is 504. The second-order valence-corrected chi connectivity index (χ2v) is 5.57. The second-order valence-electron chi connectivity index (χ2n) is 5.57. The molecule has 3 atom stereocenters. The molecule has 3 N–H and O–H groups in total. The summed E-state index contributed by atoms with van der Waals surface area (Å²) in [7, 11) is 0. The predicted molar refractivity (Wildman–Crippen MR) is 79.5 cm³/mol. The maximum atomic E-state index is 12.5. The number of nitrogens with zero attached hydrogens (tertiary/aromatic N) is 1. The average molecular weight is 290 g/mol. The highest BCUT2D eigenvalue weighted by molar-refractivity contribution is 5.88. The van der Waals surface area contributed by atoms with Gasteiger partial charge in [0.05, 0.1) is 0 Å². The number of piperidine rings is 1. The summed E-state index contributed by atoms with van der Waals surface area (Å²) in [5.41, 5.74) is 6.73. The average Bonchev–Trinajstić information content (AvgIpc) is 2.53. The maximum Gasteiger partial charge on any atom is 0.326 e. The van der Waals surface area contributed by atoms with Crippen LogP contribution in [0.5, 0.6) is 0 Å². The van der Waals surface area contributed by atoms with Gasteiger partial charge in [-0.1, -0.05) is 43.7 Å². The summed E-state index contributed by atoms with van der Waals surface area (Å²) >= 11 is 0. The van der Waals surface area contributed by atoms with Crippen LogP contribution < -0.4 is 5.73 Å². The van der Waals surface area contributed by atoms with E-state index in [1.807, 2.05) is 18.2 Å². The number of hydrogen-bond acceptors (Lipinski definition) is 3. The number of rotatable bonds is 4. The van der Waals surface area contributed by atoms with E-state index in [0.717, 1.165) is 12.8 Å². The minimum absolute atomic E-state index is 0.303. The van der Waals surface area contributed by atoms with Crippen molar-refractivity contribution in [2.45, 2.75) is 38.3 Å². The van der Waals surface area contributed by atoms with E-state index < -0.39 is 18.1 Å². The molecule has 5 nitrogen and oxygen atoms in total. The Kier molecular flexibility index (Phi) is 4.96. The summed E-state index contributed by atoms with van der Waals surface area (Å²) < 4.78 is 0. The Morgan fingerprint density at radius 1 is 1.38 bits per heavy atom. The third-order valence-corrected chi connectivity index (χ3v) is 4.28. The van der Waals surface area contributed by atoms with Gasteiger partial charge in [-0.3, -0.25) is 4.79 Å².